The van der Waals surface area contributed by atoms with Gasteiger partial charge < -0.3 is 20.3 Å². The number of hydrogen-bond donors (Lipinski definition) is 3. The van der Waals surface area contributed by atoms with Crippen LogP contribution in [0.4, 0.5) is 11.4 Å². The molecule has 0 aliphatic heterocycles. The number of rotatable bonds is 7. The summed E-state index contributed by atoms with van der Waals surface area (Å²) in [5.74, 6) is 0.430. The highest BCUT2D eigenvalue weighted by Crippen LogP contribution is 2.20. The fraction of sp³-hybridized carbons (Fsp3) is 0.263. The van der Waals surface area contributed by atoms with E-state index in [1.165, 1.54) is 0 Å². The summed E-state index contributed by atoms with van der Waals surface area (Å²) in [5, 5.41) is 5.65. The Balaban J connectivity index is 1.80. The molecule has 0 aromatic heterocycles. The quantitative estimate of drug-likeness (QED) is 0.639. The maximum absolute atomic E-state index is 12.1. The van der Waals surface area contributed by atoms with Crippen LogP contribution in [0.25, 0.3) is 0 Å². The van der Waals surface area contributed by atoms with Gasteiger partial charge in [-0.25, -0.2) is 0 Å². The van der Waals surface area contributed by atoms with Crippen molar-refractivity contribution in [2.75, 3.05) is 37.9 Å². The molecule has 1 unspecified atom stereocenters. The summed E-state index contributed by atoms with van der Waals surface area (Å²) in [6, 6.07) is 12.7. The second-order valence-corrected chi connectivity index (χ2v) is 6.95. The van der Waals surface area contributed by atoms with Gasteiger partial charge in [-0.05, 0) is 48.9 Å². The summed E-state index contributed by atoms with van der Waals surface area (Å²) in [6.07, 6.45) is 0. The molecule has 2 amide bonds. The third-order valence-corrected chi connectivity index (χ3v) is 4.61. The lowest BCUT2D eigenvalue weighted by Gasteiger charge is -2.14. The molecule has 0 fully saturated rings. The van der Waals surface area contributed by atoms with Crippen LogP contribution in [-0.2, 0) is 9.59 Å². The highest BCUT2D eigenvalue weighted by Gasteiger charge is 2.15. The van der Waals surface area contributed by atoms with Crippen LogP contribution in [0, 0.1) is 6.92 Å². The molecule has 0 saturated carbocycles. The van der Waals surface area contributed by atoms with E-state index in [0.29, 0.717) is 5.69 Å². The highest BCUT2D eigenvalue weighted by atomic mass is 79.9. The number of quaternary nitrogens is 1. The van der Waals surface area contributed by atoms with Gasteiger partial charge in [0.15, 0.2) is 13.1 Å². The van der Waals surface area contributed by atoms with Gasteiger partial charge in [0.2, 0.25) is 0 Å². The molecule has 138 valence electrons. The molecule has 3 N–H and O–H groups in total. The van der Waals surface area contributed by atoms with Gasteiger partial charge in [-0.2, -0.15) is 0 Å². The van der Waals surface area contributed by atoms with Crippen molar-refractivity contribution in [2.24, 2.45) is 0 Å². The van der Waals surface area contributed by atoms with E-state index in [9.17, 15) is 9.59 Å². The molecular weight excluding hydrogens is 398 g/mol. The van der Waals surface area contributed by atoms with Crippen molar-refractivity contribution in [3.8, 4) is 5.75 Å². The zero-order valence-electron chi connectivity index (χ0n) is 15.1. The Kier molecular flexibility index (Phi) is 7.17. The number of methoxy groups -OCH3 is 1. The summed E-state index contributed by atoms with van der Waals surface area (Å²) < 4.78 is 6.02. The Morgan fingerprint density at radius 2 is 1.54 bits per heavy atom. The van der Waals surface area contributed by atoms with Gasteiger partial charge in [0.05, 0.1) is 14.2 Å². The van der Waals surface area contributed by atoms with Gasteiger partial charge in [0.1, 0.15) is 5.75 Å². The van der Waals surface area contributed by atoms with Gasteiger partial charge in [-0.1, -0.05) is 22.0 Å². The first-order valence-electron chi connectivity index (χ1n) is 8.18. The summed E-state index contributed by atoms with van der Waals surface area (Å²) in [7, 11) is 3.39. The molecule has 0 radical (unpaired) electrons. The van der Waals surface area contributed by atoms with Crippen molar-refractivity contribution >= 4 is 39.1 Å². The van der Waals surface area contributed by atoms with E-state index >= 15 is 0 Å². The van der Waals surface area contributed by atoms with Crippen LogP contribution in [0.3, 0.4) is 0 Å². The lowest BCUT2D eigenvalue weighted by Crippen LogP contribution is -3.11. The fourth-order valence-electron chi connectivity index (χ4n) is 2.37. The number of nitrogens with one attached hydrogen (secondary N) is 3. The third-order valence-electron chi connectivity index (χ3n) is 3.75. The number of amides is 2. The predicted molar refractivity (Wildman–Crippen MR) is 106 cm³/mol. The number of carbonyl (C=O) groups is 2. The molecule has 0 saturated heterocycles. The molecule has 26 heavy (non-hydrogen) atoms. The second kappa shape index (κ2) is 9.35. The molecule has 1 atom stereocenters. The first kappa shape index (κ1) is 19.9. The SMILES string of the molecule is COc1ccc(NC(=O)C[NH+](C)CC(=O)Nc2ccc(C)c(Br)c2)cc1. The van der Waals surface area contributed by atoms with E-state index in [2.05, 4.69) is 26.6 Å². The summed E-state index contributed by atoms with van der Waals surface area (Å²) in [4.78, 5) is 25.0. The summed E-state index contributed by atoms with van der Waals surface area (Å²) in [5.41, 5.74) is 2.52. The smallest absolute Gasteiger partial charge is 0.279 e. The van der Waals surface area contributed by atoms with E-state index in [-0.39, 0.29) is 24.9 Å². The first-order valence-corrected chi connectivity index (χ1v) is 8.98. The zero-order valence-corrected chi connectivity index (χ0v) is 16.6. The number of ether oxygens (including phenoxy) is 1. The molecule has 0 bridgehead atoms. The maximum Gasteiger partial charge on any atom is 0.279 e. The molecule has 0 heterocycles. The van der Waals surface area contributed by atoms with E-state index in [1.54, 1.807) is 38.4 Å². The van der Waals surface area contributed by atoms with Crippen LogP contribution in [0.1, 0.15) is 5.56 Å². The van der Waals surface area contributed by atoms with Gasteiger partial charge in [-0.15, -0.1) is 0 Å². The van der Waals surface area contributed by atoms with Crippen molar-refractivity contribution in [2.45, 2.75) is 6.92 Å². The van der Waals surface area contributed by atoms with Crippen molar-refractivity contribution in [1.82, 2.24) is 0 Å². The number of carbonyl (C=O) groups excluding carboxylic acids is 2. The standard InChI is InChI=1S/C19H22BrN3O3/c1-13-4-5-15(10-17(13)20)22-19(25)12-23(2)11-18(24)21-14-6-8-16(26-3)9-7-14/h4-10H,11-12H2,1-3H3,(H,21,24)(H,22,25)/p+1. The second-order valence-electron chi connectivity index (χ2n) is 6.10. The number of anilines is 2. The van der Waals surface area contributed by atoms with Gasteiger partial charge in [0.25, 0.3) is 11.8 Å². The number of likely N-dealkylation sites (N-methyl/N-ethyl adjacent to an activating group) is 1. The Morgan fingerprint density at radius 3 is 2.08 bits per heavy atom. The lowest BCUT2D eigenvalue weighted by molar-refractivity contribution is -0.862. The monoisotopic (exact) mass is 420 g/mol. The Hall–Kier alpha value is -2.38. The van der Waals surface area contributed by atoms with Crippen molar-refractivity contribution in [3.63, 3.8) is 0 Å². The molecule has 0 aliphatic rings. The molecule has 2 rings (SSSR count). The number of aryl methyl sites for hydroxylation is 1. The molecule has 2 aromatic carbocycles. The van der Waals surface area contributed by atoms with E-state index in [1.807, 2.05) is 25.1 Å². The molecule has 7 heteroatoms. The van der Waals surface area contributed by atoms with Crippen LogP contribution >= 0.6 is 15.9 Å². The van der Waals surface area contributed by atoms with Crippen LogP contribution in [0.5, 0.6) is 5.75 Å². The summed E-state index contributed by atoms with van der Waals surface area (Å²) >= 11 is 3.44. The molecule has 0 aliphatic carbocycles. The number of benzene rings is 2. The maximum atomic E-state index is 12.1. The first-order chi connectivity index (χ1) is 12.4. The van der Waals surface area contributed by atoms with Crippen molar-refractivity contribution in [1.29, 1.82) is 0 Å². The predicted octanol–water partition coefficient (Wildman–Crippen LogP) is 1.86. The van der Waals surface area contributed by atoms with Gasteiger partial charge >= 0.3 is 0 Å². The largest absolute Gasteiger partial charge is 0.497 e. The average molecular weight is 421 g/mol. The fourth-order valence-corrected chi connectivity index (χ4v) is 2.74. The Morgan fingerprint density at radius 1 is 1.00 bits per heavy atom. The normalized spacial score (nSPS) is 11.5. The minimum Gasteiger partial charge on any atom is -0.497 e. The Labute approximate surface area is 161 Å². The minimum atomic E-state index is -0.154. The van der Waals surface area contributed by atoms with Crippen LogP contribution in [0.15, 0.2) is 46.9 Å². The lowest BCUT2D eigenvalue weighted by atomic mass is 10.2. The highest BCUT2D eigenvalue weighted by molar-refractivity contribution is 9.10. The van der Waals surface area contributed by atoms with E-state index < -0.39 is 0 Å². The van der Waals surface area contributed by atoms with Crippen LogP contribution in [0.2, 0.25) is 0 Å². The molecular formula is C19H23BrN3O3+. The van der Waals surface area contributed by atoms with Crippen molar-refractivity contribution < 1.29 is 19.2 Å². The molecule has 6 nitrogen and oxygen atoms in total. The number of halogens is 1. The Bertz CT molecular complexity index is 778. The molecule has 2 aromatic rings. The number of hydrogen-bond acceptors (Lipinski definition) is 3. The van der Waals surface area contributed by atoms with Gasteiger partial charge in [-0.3, -0.25) is 9.59 Å². The minimum absolute atomic E-state index is 0.143. The van der Waals surface area contributed by atoms with Gasteiger partial charge in [0, 0.05) is 15.8 Å². The van der Waals surface area contributed by atoms with Crippen LogP contribution in [-0.4, -0.2) is 39.1 Å². The van der Waals surface area contributed by atoms with E-state index in [4.69, 9.17) is 4.74 Å². The zero-order chi connectivity index (χ0) is 19.1. The summed E-state index contributed by atoms with van der Waals surface area (Å²) in [6.45, 7) is 2.37. The third kappa shape index (κ3) is 6.16. The van der Waals surface area contributed by atoms with E-state index in [0.717, 1.165) is 26.4 Å². The van der Waals surface area contributed by atoms with Crippen molar-refractivity contribution in [3.05, 3.63) is 52.5 Å². The van der Waals surface area contributed by atoms with Crippen LogP contribution < -0.4 is 20.3 Å². The topological polar surface area (TPSA) is 71.9 Å². The molecule has 0 spiro atoms. The average Bonchev–Trinajstić information content (AvgIpc) is 2.58.